The summed E-state index contributed by atoms with van der Waals surface area (Å²) in [4.78, 5) is 0. The van der Waals surface area contributed by atoms with Crippen LogP contribution in [0.15, 0.2) is 18.2 Å². The van der Waals surface area contributed by atoms with Crippen molar-refractivity contribution in [2.75, 3.05) is 6.54 Å². The average molecular weight is 306 g/mol. The summed E-state index contributed by atoms with van der Waals surface area (Å²) in [7, 11) is 0. The van der Waals surface area contributed by atoms with Gasteiger partial charge in [0.25, 0.3) is 0 Å². The largest absolute Gasteiger partial charge is 0.309 e. The van der Waals surface area contributed by atoms with Gasteiger partial charge in [-0.3, -0.25) is 0 Å². The van der Waals surface area contributed by atoms with Crippen LogP contribution in [0.25, 0.3) is 0 Å². The Kier molecular flexibility index (Phi) is 4.34. The molecule has 1 atom stereocenters. The maximum Gasteiger partial charge on any atom is 0.0409 e. The summed E-state index contributed by atoms with van der Waals surface area (Å²) in [6.45, 7) is 8.30. The smallest absolute Gasteiger partial charge is 0.0409 e. The van der Waals surface area contributed by atoms with Crippen molar-refractivity contribution < 1.29 is 0 Å². The van der Waals surface area contributed by atoms with Gasteiger partial charge in [-0.05, 0) is 66.3 Å². The molecule has 1 N–H and O–H groups in total. The highest BCUT2D eigenvalue weighted by molar-refractivity contribution is 6.30. The number of benzene rings is 1. The van der Waals surface area contributed by atoms with E-state index in [-0.39, 0.29) is 5.41 Å². The molecule has 0 aliphatic heterocycles. The maximum absolute atomic E-state index is 6.22. The lowest BCUT2D eigenvalue weighted by atomic mass is 9.81. The Morgan fingerprint density at radius 3 is 2.62 bits per heavy atom. The zero-order chi connectivity index (χ0) is 15.0. The van der Waals surface area contributed by atoms with E-state index in [9.17, 15) is 0 Å². The van der Waals surface area contributed by atoms with Gasteiger partial charge >= 0.3 is 0 Å². The number of hydrogen-bond donors (Lipinski definition) is 1. The molecule has 2 aliphatic rings. The second-order valence-corrected chi connectivity index (χ2v) is 8.41. The quantitative estimate of drug-likeness (QED) is 0.790. The number of rotatable bonds is 3. The van der Waals surface area contributed by atoms with Crippen LogP contribution in [0.3, 0.4) is 0 Å². The molecule has 3 rings (SSSR count). The van der Waals surface area contributed by atoms with E-state index in [1.54, 1.807) is 0 Å². The predicted octanol–water partition coefficient (Wildman–Crippen LogP) is 5.38. The molecule has 21 heavy (non-hydrogen) atoms. The first-order valence-electron chi connectivity index (χ1n) is 8.47. The Balaban J connectivity index is 1.68. The third-order valence-corrected chi connectivity index (χ3v) is 5.83. The van der Waals surface area contributed by atoms with E-state index in [1.807, 2.05) is 6.07 Å². The molecule has 1 aromatic rings. The summed E-state index contributed by atoms with van der Waals surface area (Å²) in [6, 6.07) is 6.86. The summed E-state index contributed by atoms with van der Waals surface area (Å²) in [6.07, 6.45) is 6.75. The van der Waals surface area contributed by atoms with E-state index in [0.29, 0.717) is 6.04 Å². The third kappa shape index (κ3) is 3.29. The van der Waals surface area contributed by atoms with Crippen molar-refractivity contribution in [3.63, 3.8) is 0 Å². The number of hydrogen-bond acceptors (Lipinski definition) is 1. The maximum atomic E-state index is 6.22. The van der Waals surface area contributed by atoms with E-state index < -0.39 is 0 Å². The summed E-state index contributed by atoms with van der Waals surface area (Å²) < 4.78 is 0. The van der Waals surface area contributed by atoms with Crippen LogP contribution in [-0.4, -0.2) is 6.54 Å². The third-order valence-electron chi connectivity index (χ3n) is 5.59. The lowest BCUT2D eigenvalue weighted by molar-refractivity contribution is 0.228. The molecule has 0 heterocycles. The van der Waals surface area contributed by atoms with Crippen LogP contribution in [0.4, 0.5) is 0 Å². The van der Waals surface area contributed by atoms with Crippen LogP contribution in [0.1, 0.15) is 63.6 Å². The fraction of sp³-hybridized carbons (Fsp3) is 0.684. The van der Waals surface area contributed by atoms with Gasteiger partial charge < -0.3 is 5.32 Å². The first-order valence-corrected chi connectivity index (χ1v) is 8.85. The molecule has 1 fully saturated rings. The van der Waals surface area contributed by atoms with Crippen molar-refractivity contribution in [1.82, 2.24) is 5.32 Å². The summed E-state index contributed by atoms with van der Waals surface area (Å²) in [5.74, 6) is 1.80. The summed E-state index contributed by atoms with van der Waals surface area (Å²) >= 11 is 6.22. The Bertz CT molecular complexity index is 500. The minimum absolute atomic E-state index is 0.287. The molecule has 0 bridgehead atoms. The van der Waals surface area contributed by atoms with Crippen LogP contribution in [0.5, 0.6) is 0 Å². The van der Waals surface area contributed by atoms with Gasteiger partial charge in [-0.25, -0.2) is 0 Å². The molecule has 116 valence electrons. The second-order valence-electron chi connectivity index (χ2n) is 7.98. The van der Waals surface area contributed by atoms with Crippen molar-refractivity contribution in [3.05, 3.63) is 34.3 Å². The van der Waals surface area contributed by atoms with Gasteiger partial charge in [0, 0.05) is 11.1 Å². The van der Waals surface area contributed by atoms with Gasteiger partial charge in [-0.1, -0.05) is 51.3 Å². The standard InChI is InChI=1S/C19H28ClN/c1-13-4-6-14(7-5-13)12-21-18-17-10-16(20)9-8-15(17)11-19(18,2)3/h8-10,13-14,18,21H,4-7,11-12H2,1-3H3. The molecular formula is C19H28ClN. The molecule has 0 amide bonds. The molecule has 0 saturated heterocycles. The first kappa shape index (κ1) is 15.4. The first-order chi connectivity index (χ1) is 9.95. The number of nitrogens with one attached hydrogen (secondary N) is 1. The molecule has 0 spiro atoms. The minimum Gasteiger partial charge on any atom is -0.309 e. The van der Waals surface area contributed by atoms with Gasteiger partial charge in [-0.2, -0.15) is 0 Å². The highest BCUT2D eigenvalue weighted by Crippen LogP contribution is 2.46. The van der Waals surface area contributed by atoms with Crippen LogP contribution in [0.2, 0.25) is 5.02 Å². The molecule has 2 aliphatic carbocycles. The van der Waals surface area contributed by atoms with Crippen molar-refractivity contribution in [1.29, 1.82) is 0 Å². The SMILES string of the molecule is CC1CCC(CNC2c3cc(Cl)ccc3CC2(C)C)CC1. The highest BCUT2D eigenvalue weighted by atomic mass is 35.5. The molecule has 1 aromatic carbocycles. The van der Waals surface area contributed by atoms with Crippen LogP contribution in [0, 0.1) is 17.3 Å². The predicted molar refractivity (Wildman–Crippen MR) is 90.8 cm³/mol. The van der Waals surface area contributed by atoms with Gasteiger partial charge in [0.2, 0.25) is 0 Å². The zero-order valence-corrected chi connectivity index (χ0v) is 14.3. The van der Waals surface area contributed by atoms with E-state index in [1.165, 1.54) is 36.8 Å². The van der Waals surface area contributed by atoms with E-state index in [4.69, 9.17) is 11.6 Å². The summed E-state index contributed by atoms with van der Waals surface area (Å²) in [5, 5.41) is 4.75. The highest BCUT2D eigenvalue weighted by Gasteiger charge is 2.39. The Labute approximate surface area is 134 Å². The fourth-order valence-electron chi connectivity index (χ4n) is 4.21. The van der Waals surface area contributed by atoms with Gasteiger partial charge in [0.05, 0.1) is 0 Å². The molecule has 1 unspecified atom stereocenters. The van der Waals surface area contributed by atoms with Crippen LogP contribution in [-0.2, 0) is 6.42 Å². The van der Waals surface area contributed by atoms with E-state index in [0.717, 1.165) is 29.8 Å². The Hall–Kier alpha value is -0.530. The molecule has 1 saturated carbocycles. The lowest BCUT2D eigenvalue weighted by Gasteiger charge is -2.32. The Morgan fingerprint density at radius 2 is 1.90 bits per heavy atom. The number of fused-ring (bicyclic) bond motifs is 1. The monoisotopic (exact) mass is 305 g/mol. The molecule has 0 radical (unpaired) electrons. The minimum atomic E-state index is 0.287. The fourth-order valence-corrected chi connectivity index (χ4v) is 4.39. The molecule has 0 aromatic heterocycles. The van der Waals surface area contributed by atoms with Crippen LogP contribution < -0.4 is 5.32 Å². The van der Waals surface area contributed by atoms with E-state index >= 15 is 0 Å². The zero-order valence-electron chi connectivity index (χ0n) is 13.6. The van der Waals surface area contributed by atoms with Gasteiger partial charge in [0.1, 0.15) is 0 Å². The Morgan fingerprint density at radius 1 is 1.19 bits per heavy atom. The average Bonchev–Trinajstić information content (AvgIpc) is 2.68. The molecule has 1 nitrogen and oxygen atoms in total. The van der Waals surface area contributed by atoms with Crippen molar-refractivity contribution in [2.45, 2.75) is 58.9 Å². The molecular weight excluding hydrogens is 278 g/mol. The van der Waals surface area contributed by atoms with Crippen molar-refractivity contribution in [3.8, 4) is 0 Å². The normalized spacial score (nSPS) is 31.1. The van der Waals surface area contributed by atoms with E-state index in [2.05, 4.69) is 38.2 Å². The number of halogens is 1. The summed E-state index contributed by atoms with van der Waals surface area (Å²) in [5.41, 5.74) is 3.19. The molecule has 2 heteroatoms. The van der Waals surface area contributed by atoms with Crippen molar-refractivity contribution in [2.24, 2.45) is 17.3 Å². The topological polar surface area (TPSA) is 12.0 Å². The van der Waals surface area contributed by atoms with Crippen LogP contribution >= 0.6 is 11.6 Å². The lowest BCUT2D eigenvalue weighted by Crippen LogP contribution is -2.35. The van der Waals surface area contributed by atoms with Gasteiger partial charge in [-0.15, -0.1) is 0 Å². The van der Waals surface area contributed by atoms with Crippen molar-refractivity contribution >= 4 is 11.6 Å². The second kappa shape index (κ2) is 5.93. The van der Waals surface area contributed by atoms with Gasteiger partial charge in [0.15, 0.2) is 0 Å².